The summed E-state index contributed by atoms with van der Waals surface area (Å²) in [6, 6.07) is 13.9. The maximum atomic E-state index is 12.6. The Balaban J connectivity index is 1.97. The van der Waals surface area contributed by atoms with Gasteiger partial charge in [0.25, 0.3) is 5.56 Å². The molecular weight excluding hydrogens is 312 g/mol. The Kier molecular flexibility index (Phi) is 4.79. The van der Waals surface area contributed by atoms with Gasteiger partial charge in [-0.2, -0.15) is 0 Å². The topological polar surface area (TPSA) is 54.1 Å². The molecule has 4 heteroatoms. The third-order valence-corrected chi connectivity index (χ3v) is 4.70. The first-order valence-electron chi connectivity index (χ1n) is 8.56. The van der Waals surface area contributed by atoms with Crippen LogP contribution in [0.25, 0.3) is 10.9 Å². The number of methoxy groups -OCH3 is 1. The van der Waals surface area contributed by atoms with Crippen molar-refractivity contribution in [2.75, 3.05) is 12.4 Å². The second-order valence-electron chi connectivity index (χ2n) is 6.41. The van der Waals surface area contributed by atoms with Crippen molar-refractivity contribution in [3.63, 3.8) is 0 Å². The predicted molar refractivity (Wildman–Crippen MR) is 104 cm³/mol. The van der Waals surface area contributed by atoms with Crippen molar-refractivity contribution >= 4 is 16.6 Å². The van der Waals surface area contributed by atoms with Crippen LogP contribution in [0.4, 0.5) is 5.69 Å². The second kappa shape index (κ2) is 7.01. The maximum Gasteiger partial charge on any atom is 0.253 e. The van der Waals surface area contributed by atoms with Crippen molar-refractivity contribution in [2.45, 2.75) is 33.2 Å². The maximum absolute atomic E-state index is 12.6. The van der Waals surface area contributed by atoms with Gasteiger partial charge in [0.2, 0.25) is 0 Å². The molecule has 0 aliphatic carbocycles. The average molecular weight is 336 g/mol. The smallest absolute Gasteiger partial charge is 0.253 e. The summed E-state index contributed by atoms with van der Waals surface area (Å²) in [6.45, 7) is 6.22. The van der Waals surface area contributed by atoms with E-state index in [1.54, 1.807) is 7.11 Å². The summed E-state index contributed by atoms with van der Waals surface area (Å²) in [5, 5.41) is 4.51. The fourth-order valence-corrected chi connectivity index (χ4v) is 3.04. The number of anilines is 1. The van der Waals surface area contributed by atoms with Gasteiger partial charge in [-0.3, -0.25) is 4.79 Å². The number of hydrogen-bond donors (Lipinski definition) is 2. The van der Waals surface area contributed by atoms with Gasteiger partial charge in [-0.15, -0.1) is 0 Å². The third kappa shape index (κ3) is 3.53. The highest BCUT2D eigenvalue weighted by Crippen LogP contribution is 2.25. The van der Waals surface area contributed by atoms with Crippen LogP contribution in [0.1, 0.15) is 36.1 Å². The van der Waals surface area contributed by atoms with E-state index in [-0.39, 0.29) is 11.6 Å². The molecule has 1 atom stereocenters. The molecule has 0 saturated heterocycles. The van der Waals surface area contributed by atoms with E-state index >= 15 is 0 Å². The molecule has 0 aliphatic heterocycles. The first kappa shape index (κ1) is 17.1. The summed E-state index contributed by atoms with van der Waals surface area (Å²) < 4.78 is 5.19. The Bertz CT molecular complexity index is 943. The molecule has 0 radical (unpaired) electrons. The lowest BCUT2D eigenvalue weighted by atomic mass is 10.0. The lowest BCUT2D eigenvalue weighted by Crippen LogP contribution is -2.21. The summed E-state index contributed by atoms with van der Waals surface area (Å²) >= 11 is 0. The molecule has 4 nitrogen and oxygen atoms in total. The van der Waals surface area contributed by atoms with Crippen LogP contribution in [0.15, 0.2) is 47.3 Å². The Morgan fingerprint density at radius 3 is 2.40 bits per heavy atom. The minimum absolute atomic E-state index is 0.0383. The van der Waals surface area contributed by atoms with E-state index in [1.165, 1.54) is 11.1 Å². The number of rotatable bonds is 5. The number of aromatic amines is 1. The number of nitrogens with one attached hydrogen (secondary N) is 2. The lowest BCUT2D eigenvalue weighted by molar-refractivity contribution is 0.415. The molecule has 0 aliphatic rings. The number of ether oxygens (including phenoxy) is 1. The third-order valence-electron chi connectivity index (χ3n) is 4.70. The molecular formula is C21H24N2O2. The van der Waals surface area contributed by atoms with Gasteiger partial charge in [-0.25, -0.2) is 0 Å². The zero-order valence-electron chi connectivity index (χ0n) is 15.1. The SMILES string of the molecule is CCC(Nc1ccc(OC)cc1)c1cc2cc(C)c(C)cc2[nH]c1=O. The van der Waals surface area contributed by atoms with Crippen molar-refractivity contribution in [2.24, 2.45) is 0 Å². The van der Waals surface area contributed by atoms with E-state index in [0.29, 0.717) is 0 Å². The van der Waals surface area contributed by atoms with Crippen LogP contribution < -0.4 is 15.6 Å². The molecule has 1 unspecified atom stereocenters. The number of fused-ring (bicyclic) bond motifs is 1. The molecule has 2 N–H and O–H groups in total. The molecule has 3 aromatic rings. The van der Waals surface area contributed by atoms with Crippen molar-refractivity contribution in [3.8, 4) is 5.75 Å². The molecule has 130 valence electrons. The summed E-state index contributed by atoms with van der Waals surface area (Å²) in [6.07, 6.45) is 0.811. The van der Waals surface area contributed by atoms with Gasteiger partial charge >= 0.3 is 0 Å². The highest BCUT2D eigenvalue weighted by molar-refractivity contribution is 5.81. The molecule has 0 saturated carbocycles. The van der Waals surface area contributed by atoms with Gasteiger partial charge in [0.1, 0.15) is 5.75 Å². The van der Waals surface area contributed by atoms with Crippen molar-refractivity contribution in [1.29, 1.82) is 0 Å². The van der Waals surface area contributed by atoms with Crippen LogP contribution >= 0.6 is 0 Å². The number of hydrogen-bond acceptors (Lipinski definition) is 3. The molecule has 25 heavy (non-hydrogen) atoms. The predicted octanol–water partition coefficient (Wildman–Crippen LogP) is 4.72. The van der Waals surface area contributed by atoms with Crippen molar-refractivity contribution in [3.05, 3.63) is 69.5 Å². The molecule has 1 heterocycles. The number of aryl methyl sites for hydroxylation is 2. The monoisotopic (exact) mass is 336 g/mol. The molecule has 2 aromatic carbocycles. The van der Waals surface area contributed by atoms with Crippen molar-refractivity contribution in [1.82, 2.24) is 4.98 Å². The Labute approximate surface area is 147 Å². The fourth-order valence-electron chi connectivity index (χ4n) is 3.04. The largest absolute Gasteiger partial charge is 0.497 e. The zero-order chi connectivity index (χ0) is 18.0. The first-order valence-corrected chi connectivity index (χ1v) is 8.56. The van der Waals surface area contributed by atoms with Crippen LogP contribution in [0, 0.1) is 13.8 Å². The fraction of sp³-hybridized carbons (Fsp3) is 0.286. The Morgan fingerprint density at radius 1 is 1.08 bits per heavy atom. The van der Waals surface area contributed by atoms with E-state index in [2.05, 4.69) is 37.1 Å². The van der Waals surface area contributed by atoms with Crippen LogP contribution in [-0.4, -0.2) is 12.1 Å². The molecule has 0 fully saturated rings. The Morgan fingerprint density at radius 2 is 1.76 bits per heavy atom. The summed E-state index contributed by atoms with van der Waals surface area (Å²) in [5.74, 6) is 0.813. The van der Waals surface area contributed by atoms with Gasteiger partial charge in [0.15, 0.2) is 0 Å². The van der Waals surface area contributed by atoms with E-state index in [4.69, 9.17) is 4.74 Å². The van der Waals surface area contributed by atoms with Gasteiger partial charge in [0, 0.05) is 16.8 Å². The first-order chi connectivity index (χ1) is 12.0. The van der Waals surface area contributed by atoms with E-state index in [9.17, 15) is 4.79 Å². The zero-order valence-corrected chi connectivity index (χ0v) is 15.1. The van der Waals surface area contributed by atoms with Gasteiger partial charge in [-0.05, 0) is 79.2 Å². The normalized spacial score (nSPS) is 12.2. The highest BCUT2D eigenvalue weighted by Gasteiger charge is 2.15. The lowest BCUT2D eigenvalue weighted by Gasteiger charge is -2.19. The molecule has 0 amide bonds. The quantitative estimate of drug-likeness (QED) is 0.709. The number of pyridine rings is 1. The van der Waals surface area contributed by atoms with Crippen molar-refractivity contribution < 1.29 is 4.74 Å². The van der Waals surface area contributed by atoms with Crippen LogP contribution in [-0.2, 0) is 0 Å². The average Bonchev–Trinajstić information content (AvgIpc) is 2.61. The highest BCUT2D eigenvalue weighted by atomic mass is 16.5. The van der Waals surface area contributed by atoms with E-state index in [1.807, 2.05) is 36.4 Å². The van der Waals surface area contributed by atoms with E-state index in [0.717, 1.165) is 34.3 Å². The molecule has 1 aromatic heterocycles. The van der Waals surface area contributed by atoms with E-state index < -0.39 is 0 Å². The number of aromatic nitrogens is 1. The van der Waals surface area contributed by atoms with Crippen LogP contribution in [0.2, 0.25) is 0 Å². The number of benzene rings is 2. The Hall–Kier alpha value is -2.75. The van der Waals surface area contributed by atoms with Gasteiger partial charge < -0.3 is 15.0 Å². The standard InChI is InChI=1S/C21H24N2O2/c1-5-19(22-16-6-8-17(25-4)9-7-16)18-12-15-10-13(2)14(3)11-20(15)23-21(18)24/h6-12,19,22H,5H2,1-4H3,(H,23,24). The molecule has 0 spiro atoms. The van der Waals surface area contributed by atoms with Gasteiger partial charge in [-0.1, -0.05) is 6.92 Å². The molecule has 3 rings (SSSR count). The minimum Gasteiger partial charge on any atom is -0.497 e. The number of H-pyrrole nitrogens is 1. The second-order valence-corrected chi connectivity index (χ2v) is 6.41. The summed E-state index contributed by atoms with van der Waals surface area (Å²) in [5.41, 5.74) is 4.97. The minimum atomic E-state index is -0.0526. The summed E-state index contributed by atoms with van der Waals surface area (Å²) in [4.78, 5) is 15.6. The van der Waals surface area contributed by atoms with Gasteiger partial charge in [0.05, 0.1) is 13.2 Å². The molecule has 0 bridgehead atoms. The summed E-state index contributed by atoms with van der Waals surface area (Å²) in [7, 11) is 1.65. The van der Waals surface area contributed by atoms with Crippen LogP contribution in [0.3, 0.4) is 0 Å². The van der Waals surface area contributed by atoms with Crippen LogP contribution in [0.5, 0.6) is 5.75 Å².